The fourth-order valence-corrected chi connectivity index (χ4v) is 14.9. The predicted molar refractivity (Wildman–Crippen MR) is 234 cm³/mol. The molecule has 18 nitrogen and oxygen atoms in total. The van der Waals surface area contributed by atoms with Crippen LogP contribution in [0.15, 0.2) is 11.6 Å². The van der Waals surface area contributed by atoms with E-state index in [9.17, 15) is 61.3 Å². The van der Waals surface area contributed by atoms with Crippen LogP contribution in [0.3, 0.4) is 0 Å². The van der Waals surface area contributed by atoms with Gasteiger partial charge in [-0.2, -0.15) is 0 Å². The molecule has 7 rings (SSSR count). The quantitative estimate of drug-likeness (QED) is 0.0904. The molecule has 0 aromatic carbocycles. The van der Waals surface area contributed by atoms with Gasteiger partial charge in [-0.3, -0.25) is 0 Å². The summed E-state index contributed by atoms with van der Waals surface area (Å²) >= 11 is 0. The highest BCUT2D eigenvalue weighted by atomic mass is 16.8. The number of ether oxygens (including phenoxy) is 6. The van der Waals surface area contributed by atoms with Crippen molar-refractivity contribution in [3.63, 3.8) is 0 Å². The zero-order valence-electron chi connectivity index (χ0n) is 40.2. The van der Waals surface area contributed by atoms with Crippen molar-refractivity contribution in [2.45, 2.75) is 230 Å². The molecule has 0 radical (unpaired) electrons. The normalized spacial score (nSPS) is 53.5. The van der Waals surface area contributed by atoms with Crippen molar-refractivity contribution in [3.8, 4) is 0 Å². The SMILES string of the molecule is CC(C)=CCC[C@](C)(O[C@@H]1O[C@H](CO)[C@@H](O)[C@H](O)[C@H]1O)[C@H]1CC[C@]2(C)C1[C@H](O)CC1[C@@]3(C)CC[C@H](O)C(C)(C)[C@@H]3[C@@H](O[C@@H]3O[C@H](CO)[C@@H](O)[C@H](O)[C@H]3O[C@H]3O[C@@H](C)[C@H](O)[C@@H](O)[C@H]3O)C[C@]12C. The van der Waals surface area contributed by atoms with Crippen LogP contribution in [0, 0.1) is 45.3 Å². The third kappa shape index (κ3) is 8.69. The first kappa shape index (κ1) is 52.8. The molecule has 3 saturated heterocycles. The maximum absolute atomic E-state index is 12.7. The van der Waals surface area contributed by atoms with Gasteiger partial charge in [-0.1, -0.05) is 46.3 Å². The second-order valence-electron chi connectivity index (χ2n) is 23.0. The number of allylic oxidation sites excluding steroid dienone is 2. The summed E-state index contributed by atoms with van der Waals surface area (Å²) in [5.74, 6) is -1.12. The van der Waals surface area contributed by atoms with E-state index in [1.165, 1.54) is 6.92 Å². The molecule has 12 N–H and O–H groups in total. The van der Waals surface area contributed by atoms with Gasteiger partial charge in [0.1, 0.15) is 67.1 Å². The monoisotopic (exact) mass is 947 g/mol. The summed E-state index contributed by atoms with van der Waals surface area (Å²) in [6.07, 6.45) is -18.3. The smallest absolute Gasteiger partial charge is 0.187 e. The highest BCUT2D eigenvalue weighted by molar-refractivity contribution is 5.22. The summed E-state index contributed by atoms with van der Waals surface area (Å²) < 4.78 is 38.1. The van der Waals surface area contributed by atoms with E-state index >= 15 is 0 Å². The molecule has 382 valence electrons. The van der Waals surface area contributed by atoms with Crippen molar-refractivity contribution in [2.24, 2.45) is 45.3 Å². The molecule has 0 aromatic rings. The van der Waals surface area contributed by atoms with Crippen molar-refractivity contribution in [1.82, 2.24) is 0 Å². The Kier molecular flexibility index (Phi) is 15.4. The minimum absolute atomic E-state index is 0.0861. The van der Waals surface area contributed by atoms with Gasteiger partial charge in [0.15, 0.2) is 18.9 Å². The van der Waals surface area contributed by atoms with Crippen LogP contribution < -0.4 is 0 Å². The van der Waals surface area contributed by atoms with Crippen LogP contribution in [0.25, 0.3) is 0 Å². The van der Waals surface area contributed by atoms with E-state index in [0.29, 0.717) is 51.4 Å². The van der Waals surface area contributed by atoms with Gasteiger partial charge in [-0.25, -0.2) is 0 Å². The van der Waals surface area contributed by atoms with Crippen molar-refractivity contribution in [2.75, 3.05) is 13.2 Å². The lowest BCUT2D eigenvalue weighted by molar-refractivity contribution is -0.382. The molecule has 4 saturated carbocycles. The Hall–Kier alpha value is -0.980. The zero-order chi connectivity index (χ0) is 48.8. The topological polar surface area (TPSA) is 298 Å². The maximum Gasteiger partial charge on any atom is 0.187 e. The third-order valence-electron chi connectivity index (χ3n) is 18.7. The van der Waals surface area contributed by atoms with Crippen molar-refractivity contribution >= 4 is 0 Å². The fraction of sp³-hybridized carbons (Fsp3) is 0.958. The van der Waals surface area contributed by atoms with E-state index in [4.69, 9.17) is 28.4 Å². The largest absolute Gasteiger partial charge is 0.394 e. The second kappa shape index (κ2) is 19.2. The molecule has 66 heavy (non-hydrogen) atoms. The predicted octanol–water partition coefficient (Wildman–Crippen LogP) is -0.0284. The molecular formula is C48H82O18. The first-order valence-corrected chi connectivity index (χ1v) is 24.3. The van der Waals surface area contributed by atoms with E-state index in [1.54, 1.807) is 0 Å². The number of fused-ring (bicyclic) bond motifs is 5. The Morgan fingerprint density at radius 2 is 1.27 bits per heavy atom. The third-order valence-corrected chi connectivity index (χ3v) is 18.7. The van der Waals surface area contributed by atoms with Gasteiger partial charge in [0, 0.05) is 0 Å². The van der Waals surface area contributed by atoms with Crippen LogP contribution in [0.2, 0.25) is 0 Å². The molecule has 4 aliphatic carbocycles. The van der Waals surface area contributed by atoms with Gasteiger partial charge in [0.05, 0.1) is 43.2 Å². The summed E-state index contributed by atoms with van der Waals surface area (Å²) in [5.41, 5.74) is -2.43. The van der Waals surface area contributed by atoms with Gasteiger partial charge >= 0.3 is 0 Å². The number of hydrogen-bond donors (Lipinski definition) is 12. The van der Waals surface area contributed by atoms with Crippen molar-refractivity contribution < 1.29 is 89.7 Å². The molecule has 0 amide bonds. The Morgan fingerprint density at radius 1 is 0.682 bits per heavy atom. The number of hydrogen-bond acceptors (Lipinski definition) is 18. The molecule has 7 aliphatic rings. The Balaban J connectivity index is 1.27. The molecule has 0 spiro atoms. The minimum Gasteiger partial charge on any atom is -0.394 e. The summed E-state index contributed by atoms with van der Waals surface area (Å²) in [6.45, 7) is 16.8. The van der Waals surface area contributed by atoms with Crippen LogP contribution in [0.4, 0.5) is 0 Å². The Labute approximate surface area is 388 Å². The molecule has 3 heterocycles. The van der Waals surface area contributed by atoms with Gasteiger partial charge in [-0.05, 0) is 124 Å². The average Bonchev–Trinajstić information content (AvgIpc) is 3.64. The zero-order valence-corrected chi connectivity index (χ0v) is 40.2. The Bertz CT molecular complexity index is 1700. The van der Waals surface area contributed by atoms with Crippen molar-refractivity contribution in [3.05, 3.63) is 11.6 Å². The van der Waals surface area contributed by atoms with Crippen LogP contribution in [0.5, 0.6) is 0 Å². The molecule has 26 atom stereocenters. The number of aliphatic hydroxyl groups is 12. The van der Waals surface area contributed by atoms with E-state index in [1.807, 2.05) is 34.6 Å². The van der Waals surface area contributed by atoms with Crippen LogP contribution in [-0.2, 0) is 28.4 Å². The molecule has 0 aromatic heterocycles. The van der Waals surface area contributed by atoms with Crippen LogP contribution in [0.1, 0.15) is 114 Å². The van der Waals surface area contributed by atoms with E-state index in [2.05, 4.69) is 26.8 Å². The van der Waals surface area contributed by atoms with Crippen molar-refractivity contribution in [1.29, 1.82) is 0 Å². The minimum atomic E-state index is -1.75. The molecule has 3 aliphatic heterocycles. The lowest BCUT2D eigenvalue weighted by Gasteiger charge is -2.72. The first-order valence-electron chi connectivity index (χ1n) is 24.3. The highest BCUT2D eigenvalue weighted by Crippen LogP contribution is 2.76. The van der Waals surface area contributed by atoms with Gasteiger partial charge < -0.3 is 89.7 Å². The molecule has 0 bridgehead atoms. The lowest BCUT2D eigenvalue weighted by Crippen LogP contribution is -2.71. The highest BCUT2D eigenvalue weighted by Gasteiger charge is 2.74. The summed E-state index contributed by atoms with van der Waals surface area (Å²) in [7, 11) is 0. The molecule has 2 unspecified atom stereocenters. The van der Waals surface area contributed by atoms with Crippen LogP contribution >= 0.6 is 0 Å². The standard InChI is InChI=1S/C48H82O18/c1-21(2)11-10-14-48(9,66-42-38(60)35(57)32(54)26(19-49)63-42)23-12-16-46(7)30(23)24(51)17-28-45(6)15-13-29(52)44(4,5)40(45)25(18-47(28,46)8)62-43-39(36(58)33(55)27(20-50)64-43)65-41-37(59)34(56)31(53)22(3)61-41/h11,22-43,49-60H,10,12-20H2,1-9H3/t22-,23-,24+,25-,26+,27+,28?,29-,30?,31-,32+,33+,34+,35-,36-,37+,38+,39+,40-,41+,42-,43+,45+,46+,47+,48-/m0/s1. The average molecular weight is 947 g/mol. The van der Waals surface area contributed by atoms with E-state index in [-0.39, 0.29) is 23.7 Å². The van der Waals surface area contributed by atoms with E-state index in [0.717, 1.165) is 5.57 Å². The Morgan fingerprint density at radius 3 is 1.89 bits per heavy atom. The molecular weight excluding hydrogens is 865 g/mol. The number of aliphatic hydroxyl groups excluding tert-OH is 12. The summed E-state index contributed by atoms with van der Waals surface area (Å²) in [4.78, 5) is 0. The molecule has 18 heteroatoms. The maximum atomic E-state index is 12.7. The first-order chi connectivity index (χ1) is 30.7. The van der Waals surface area contributed by atoms with Gasteiger partial charge in [0.2, 0.25) is 0 Å². The molecule has 7 fully saturated rings. The van der Waals surface area contributed by atoms with Gasteiger partial charge in [0.25, 0.3) is 0 Å². The second-order valence-corrected chi connectivity index (χ2v) is 23.0. The van der Waals surface area contributed by atoms with E-state index < -0.39 is 151 Å². The van der Waals surface area contributed by atoms with Crippen LogP contribution in [-0.4, -0.2) is 191 Å². The summed E-state index contributed by atoms with van der Waals surface area (Å²) in [5, 5.41) is 132. The lowest BCUT2D eigenvalue weighted by atomic mass is 9.34. The van der Waals surface area contributed by atoms with Gasteiger partial charge in [-0.15, -0.1) is 0 Å². The fourth-order valence-electron chi connectivity index (χ4n) is 14.9. The number of rotatable bonds is 12. The summed E-state index contributed by atoms with van der Waals surface area (Å²) in [6, 6.07) is 0.